The Balaban J connectivity index is 3.11. The molecular weight excluding hydrogens is 288 g/mol. The molecule has 0 rings (SSSR count). The zero-order valence-electron chi connectivity index (χ0n) is 15.4. The Hall–Kier alpha value is -0.570. The summed E-state index contributed by atoms with van der Waals surface area (Å²) >= 11 is 0. The second-order valence-electron chi connectivity index (χ2n) is 6.97. The fourth-order valence-electron chi connectivity index (χ4n) is 3.03. The molecule has 0 saturated carbocycles. The second-order valence-corrected chi connectivity index (χ2v) is 6.97. The molecule has 0 aliphatic rings. The quantitative estimate of drug-likeness (QED) is 0.300. The van der Waals surface area contributed by atoms with Crippen LogP contribution in [0.15, 0.2) is 0 Å². The van der Waals surface area contributed by atoms with Gasteiger partial charge < -0.3 is 10.2 Å². The first-order chi connectivity index (χ1) is 11.2. The molecule has 1 atom stereocenters. The minimum Gasteiger partial charge on any atom is -0.481 e. The largest absolute Gasteiger partial charge is 0.481 e. The fourth-order valence-corrected chi connectivity index (χ4v) is 3.03. The first-order valence-corrected chi connectivity index (χ1v) is 10.1. The number of hydrogen-bond donors (Lipinski definition) is 2. The number of aliphatic hydroxyl groups excluding tert-OH is 1. The number of hydrogen-bond acceptors (Lipinski definition) is 2. The van der Waals surface area contributed by atoms with E-state index in [0.29, 0.717) is 12.8 Å². The van der Waals surface area contributed by atoms with Crippen LogP contribution in [0.2, 0.25) is 0 Å². The Morgan fingerprint density at radius 3 is 1.52 bits per heavy atom. The Morgan fingerprint density at radius 1 is 0.696 bits per heavy atom. The number of aliphatic carboxylic acids is 1. The molecule has 0 radical (unpaired) electrons. The number of unbranched alkanes of at least 4 members (excludes halogenated alkanes) is 12. The summed E-state index contributed by atoms with van der Waals surface area (Å²) in [6, 6.07) is 0. The van der Waals surface area contributed by atoms with Gasteiger partial charge in [0.2, 0.25) is 0 Å². The van der Waals surface area contributed by atoms with Crippen molar-refractivity contribution in [3.63, 3.8) is 0 Å². The van der Waals surface area contributed by atoms with E-state index in [1.165, 1.54) is 77.0 Å². The average Bonchev–Trinajstić information content (AvgIpc) is 2.51. The molecular formula is C20H40O3. The maximum atomic E-state index is 10.4. The standard InChI is InChI=1S/C20H40O3/c1-2-3-4-5-6-7-8-9-10-11-12-13-14-16-19(21)17-15-18-20(22)23/h19,21H,2-18H2,1H3,(H,22,23)/t19-/m1/s1. The van der Waals surface area contributed by atoms with Crippen molar-refractivity contribution in [3.8, 4) is 0 Å². The zero-order chi connectivity index (χ0) is 17.2. The van der Waals surface area contributed by atoms with E-state index in [9.17, 15) is 9.90 Å². The smallest absolute Gasteiger partial charge is 0.303 e. The average molecular weight is 329 g/mol. The highest BCUT2D eigenvalue weighted by Gasteiger charge is 2.05. The SMILES string of the molecule is CCCCCCCCCCCCCCC[C@@H](O)CCCC(=O)O. The minimum atomic E-state index is -0.766. The van der Waals surface area contributed by atoms with Crippen molar-refractivity contribution in [2.75, 3.05) is 0 Å². The molecule has 138 valence electrons. The highest BCUT2D eigenvalue weighted by molar-refractivity contribution is 5.66. The van der Waals surface area contributed by atoms with Crippen LogP contribution in [-0.4, -0.2) is 22.3 Å². The van der Waals surface area contributed by atoms with E-state index in [1.54, 1.807) is 0 Å². The molecule has 0 aromatic carbocycles. The number of carbonyl (C=O) groups is 1. The minimum absolute atomic E-state index is 0.176. The highest BCUT2D eigenvalue weighted by atomic mass is 16.4. The summed E-state index contributed by atoms with van der Waals surface area (Å²) in [7, 11) is 0. The predicted octanol–water partition coefficient (Wildman–Crippen LogP) is 6.08. The monoisotopic (exact) mass is 328 g/mol. The Kier molecular flexibility index (Phi) is 17.3. The van der Waals surface area contributed by atoms with E-state index in [1.807, 2.05) is 0 Å². The Bertz CT molecular complexity index is 253. The van der Waals surface area contributed by atoms with Crippen LogP contribution >= 0.6 is 0 Å². The third kappa shape index (κ3) is 19.4. The van der Waals surface area contributed by atoms with Crippen LogP contribution in [0.5, 0.6) is 0 Å². The molecule has 0 unspecified atom stereocenters. The van der Waals surface area contributed by atoms with Gasteiger partial charge in [-0.05, 0) is 19.3 Å². The molecule has 0 heterocycles. The molecule has 0 aromatic rings. The lowest BCUT2D eigenvalue weighted by molar-refractivity contribution is -0.137. The normalized spacial score (nSPS) is 12.4. The Labute approximate surface area is 143 Å². The van der Waals surface area contributed by atoms with Gasteiger partial charge in [-0.2, -0.15) is 0 Å². The first-order valence-electron chi connectivity index (χ1n) is 10.1. The zero-order valence-corrected chi connectivity index (χ0v) is 15.4. The summed E-state index contributed by atoms with van der Waals surface area (Å²) in [4.78, 5) is 10.4. The molecule has 0 bridgehead atoms. The molecule has 0 amide bonds. The first kappa shape index (κ1) is 22.4. The molecule has 3 nitrogen and oxygen atoms in total. The van der Waals surface area contributed by atoms with Crippen molar-refractivity contribution >= 4 is 5.97 Å². The van der Waals surface area contributed by atoms with Crippen LogP contribution in [0.3, 0.4) is 0 Å². The van der Waals surface area contributed by atoms with E-state index in [0.717, 1.165) is 12.8 Å². The molecule has 0 aliphatic carbocycles. The van der Waals surface area contributed by atoms with Crippen molar-refractivity contribution in [1.82, 2.24) is 0 Å². The van der Waals surface area contributed by atoms with Gasteiger partial charge in [0, 0.05) is 6.42 Å². The maximum Gasteiger partial charge on any atom is 0.303 e. The van der Waals surface area contributed by atoms with Crippen LogP contribution in [0.1, 0.15) is 116 Å². The lowest BCUT2D eigenvalue weighted by atomic mass is 10.0. The lowest BCUT2D eigenvalue weighted by Crippen LogP contribution is -2.07. The molecule has 3 heteroatoms. The summed E-state index contributed by atoms with van der Waals surface area (Å²) in [5, 5.41) is 18.3. The van der Waals surface area contributed by atoms with Gasteiger partial charge in [0.25, 0.3) is 0 Å². The lowest BCUT2D eigenvalue weighted by Gasteiger charge is -2.09. The van der Waals surface area contributed by atoms with Crippen LogP contribution < -0.4 is 0 Å². The van der Waals surface area contributed by atoms with Gasteiger partial charge in [-0.15, -0.1) is 0 Å². The number of rotatable bonds is 18. The molecule has 0 fully saturated rings. The summed E-state index contributed by atoms with van der Waals surface area (Å²) in [6.07, 6.45) is 19.3. The van der Waals surface area contributed by atoms with E-state index in [-0.39, 0.29) is 12.5 Å². The van der Waals surface area contributed by atoms with Crippen molar-refractivity contribution in [1.29, 1.82) is 0 Å². The molecule has 2 N–H and O–H groups in total. The van der Waals surface area contributed by atoms with E-state index in [2.05, 4.69) is 6.92 Å². The molecule has 0 aliphatic heterocycles. The van der Waals surface area contributed by atoms with Crippen LogP contribution in [0.4, 0.5) is 0 Å². The number of aliphatic hydroxyl groups is 1. The van der Waals surface area contributed by atoms with Crippen molar-refractivity contribution < 1.29 is 15.0 Å². The van der Waals surface area contributed by atoms with Gasteiger partial charge in [-0.1, -0.05) is 90.4 Å². The predicted molar refractivity (Wildman–Crippen MR) is 97.8 cm³/mol. The van der Waals surface area contributed by atoms with Crippen molar-refractivity contribution in [2.24, 2.45) is 0 Å². The summed E-state index contributed by atoms with van der Waals surface area (Å²) < 4.78 is 0. The Morgan fingerprint density at radius 2 is 1.09 bits per heavy atom. The topological polar surface area (TPSA) is 57.5 Å². The van der Waals surface area contributed by atoms with Crippen LogP contribution in [0.25, 0.3) is 0 Å². The van der Waals surface area contributed by atoms with Crippen molar-refractivity contribution in [3.05, 3.63) is 0 Å². The molecule has 0 spiro atoms. The maximum absolute atomic E-state index is 10.4. The molecule has 0 aromatic heterocycles. The second kappa shape index (κ2) is 17.8. The van der Waals surface area contributed by atoms with E-state index >= 15 is 0 Å². The summed E-state index contributed by atoms with van der Waals surface area (Å²) in [5.74, 6) is -0.766. The van der Waals surface area contributed by atoms with Gasteiger partial charge in [0.15, 0.2) is 0 Å². The third-order valence-corrected chi connectivity index (χ3v) is 4.57. The summed E-state index contributed by atoms with van der Waals surface area (Å²) in [5.41, 5.74) is 0. The van der Waals surface area contributed by atoms with Crippen LogP contribution in [-0.2, 0) is 4.79 Å². The van der Waals surface area contributed by atoms with Gasteiger partial charge in [-0.25, -0.2) is 0 Å². The number of carboxylic acid groups (broad SMARTS) is 1. The van der Waals surface area contributed by atoms with Crippen molar-refractivity contribution in [2.45, 2.75) is 122 Å². The van der Waals surface area contributed by atoms with Crippen LogP contribution in [0, 0.1) is 0 Å². The van der Waals surface area contributed by atoms with Gasteiger partial charge in [-0.3, -0.25) is 4.79 Å². The number of carboxylic acids is 1. The van der Waals surface area contributed by atoms with E-state index < -0.39 is 5.97 Å². The highest BCUT2D eigenvalue weighted by Crippen LogP contribution is 2.14. The molecule has 23 heavy (non-hydrogen) atoms. The fraction of sp³-hybridized carbons (Fsp3) is 0.950. The van der Waals surface area contributed by atoms with Gasteiger partial charge in [0.1, 0.15) is 0 Å². The van der Waals surface area contributed by atoms with Gasteiger partial charge >= 0.3 is 5.97 Å². The van der Waals surface area contributed by atoms with Gasteiger partial charge in [0.05, 0.1) is 6.10 Å². The third-order valence-electron chi connectivity index (χ3n) is 4.57. The summed E-state index contributed by atoms with van der Waals surface area (Å²) in [6.45, 7) is 2.26. The van der Waals surface area contributed by atoms with E-state index in [4.69, 9.17) is 5.11 Å². The molecule has 0 saturated heterocycles.